The van der Waals surface area contributed by atoms with Crippen LogP contribution in [0.3, 0.4) is 0 Å². The van der Waals surface area contributed by atoms with Gasteiger partial charge in [0.2, 0.25) is 0 Å². The lowest BCUT2D eigenvalue weighted by Crippen LogP contribution is -2.39. The SMILES string of the molecule is CCNC(Cc1ccnc(N)c1)CN(C)C. The van der Waals surface area contributed by atoms with E-state index in [-0.39, 0.29) is 0 Å². The minimum Gasteiger partial charge on any atom is -0.384 e. The number of hydrogen-bond acceptors (Lipinski definition) is 4. The van der Waals surface area contributed by atoms with Gasteiger partial charge >= 0.3 is 0 Å². The Kier molecular flexibility index (Phi) is 5.22. The Labute approximate surface area is 97.9 Å². The minimum absolute atomic E-state index is 0.460. The van der Waals surface area contributed by atoms with Crippen LogP contribution in [0.15, 0.2) is 18.3 Å². The van der Waals surface area contributed by atoms with E-state index >= 15 is 0 Å². The van der Waals surface area contributed by atoms with E-state index in [0.29, 0.717) is 11.9 Å². The van der Waals surface area contributed by atoms with Crippen molar-refractivity contribution in [3.8, 4) is 0 Å². The summed E-state index contributed by atoms with van der Waals surface area (Å²) in [7, 11) is 4.18. The normalized spacial score (nSPS) is 13.0. The molecule has 0 spiro atoms. The zero-order valence-corrected chi connectivity index (χ0v) is 10.4. The average molecular weight is 222 g/mol. The number of aromatic nitrogens is 1. The molecular formula is C12H22N4. The molecule has 16 heavy (non-hydrogen) atoms. The molecule has 1 atom stereocenters. The molecule has 1 heterocycles. The number of hydrogen-bond donors (Lipinski definition) is 2. The molecule has 0 aliphatic rings. The molecule has 1 aromatic rings. The number of nitrogens with one attached hydrogen (secondary N) is 1. The highest BCUT2D eigenvalue weighted by molar-refractivity contribution is 5.32. The van der Waals surface area contributed by atoms with Crippen molar-refractivity contribution in [2.75, 3.05) is 32.9 Å². The third-order valence-corrected chi connectivity index (χ3v) is 2.41. The predicted octanol–water partition coefficient (Wildman–Crippen LogP) is 0.746. The summed E-state index contributed by atoms with van der Waals surface area (Å²) in [5, 5.41) is 3.48. The van der Waals surface area contributed by atoms with Gasteiger partial charge in [0.15, 0.2) is 0 Å². The Morgan fingerprint density at radius 1 is 1.50 bits per heavy atom. The first-order valence-corrected chi connectivity index (χ1v) is 5.70. The van der Waals surface area contributed by atoms with Gasteiger partial charge in [-0.1, -0.05) is 6.92 Å². The molecule has 4 heteroatoms. The number of likely N-dealkylation sites (N-methyl/N-ethyl adjacent to an activating group) is 2. The first-order chi connectivity index (χ1) is 7.61. The molecule has 0 saturated heterocycles. The second kappa shape index (κ2) is 6.45. The summed E-state index contributed by atoms with van der Waals surface area (Å²) in [5.41, 5.74) is 6.90. The van der Waals surface area contributed by atoms with Crippen molar-refractivity contribution in [2.45, 2.75) is 19.4 Å². The zero-order chi connectivity index (χ0) is 12.0. The van der Waals surface area contributed by atoms with Gasteiger partial charge < -0.3 is 16.0 Å². The summed E-state index contributed by atoms with van der Waals surface area (Å²) >= 11 is 0. The summed E-state index contributed by atoms with van der Waals surface area (Å²) in [5.74, 6) is 0.595. The van der Waals surface area contributed by atoms with E-state index in [9.17, 15) is 0 Å². The van der Waals surface area contributed by atoms with Crippen LogP contribution >= 0.6 is 0 Å². The molecule has 3 N–H and O–H groups in total. The molecule has 0 aromatic carbocycles. The molecule has 1 rings (SSSR count). The number of nitrogen functional groups attached to an aromatic ring is 1. The van der Waals surface area contributed by atoms with Crippen LogP contribution < -0.4 is 11.1 Å². The molecule has 90 valence electrons. The molecule has 1 unspecified atom stereocenters. The predicted molar refractivity (Wildman–Crippen MR) is 68.4 cm³/mol. The average Bonchev–Trinajstić information content (AvgIpc) is 2.16. The minimum atomic E-state index is 0.460. The van der Waals surface area contributed by atoms with Crippen molar-refractivity contribution in [3.05, 3.63) is 23.9 Å². The number of pyridine rings is 1. The molecule has 0 radical (unpaired) electrons. The fourth-order valence-electron chi connectivity index (χ4n) is 1.84. The van der Waals surface area contributed by atoms with Gasteiger partial charge in [-0.25, -0.2) is 4.98 Å². The summed E-state index contributed by atoms with van der Waals surface area (Å²) in [6, 6.07) is 4.43. The second-order valence-electron chi connectivity index (χ2n) is 4.31. The first kappa shape index (κ1) is 12.9. The van der Waals surface area contributed by atoms with Crippen molar-refractivity contribution in [3.63, 3.8) is 0 Å². The lowest BCUT2D eigenvalue weighted by molar-refractivity contribution is 0.339. The van der Waals surface area contributed by atoms with Crippen molar-refractivity contribution < 1.29 is 0 Å². The maximum Gasteiger partial charge on any atom is 0.123 e. The van der Waals surface area contributed by atoms with Crippen LogP contribution in [0.25, 0.3) is 0 Å². The molecular weight excluding hydrogens is 200 g/mol. The molecule has 0 amide bonds. The van der Waals surface area contributed by atoms with Crippen molar-refractivity contribution in [1.82, 2.24) is 15.2 Å². The van der Waals surface area contributed by atoms with Gasteiger partial charge in [0.05, 0.1) is 0 Å². The summed E-state index contributed by atoms with van der Waals surface area (Å²) in [4.78, 5) is 6.19. The van der Waals surface area contributed by atoms with Crippen LogP contribution in [0.1, 0.15) is 12.5 Å². The van der Waals surface area contributed by atoms with E-state index in [2.05, 4.69) is 36.2 Å². The Hall–Kier alpha value is -1.13. The molecule has 4 nitrogen and oxygen atoms in total. The van der Waals surface area contributed by atoms with Crippen LogP contribution in [0.4, 0.5) is 5.82 Å². The van der Waals surface area contributed by atoms with E-state index in [1.807, 2.05) is 12.1 Å². The van der Waals surface area contributed by atoms with Gasteiger partial charge in [0, 0.05) is 18.8 Å². The Morgan fingerprint density at radius 3 is 2.81 bits per heavy atom. The fraction of sp³-hybridized carbons (Fsp3) is 0.583. The van der Waals surface area contributed by atoms with Gasteiger partial charge in [-0.15, -0.1) is 0 Å². The number of rotatable bonds is 6. The smallest absolute Gasteiger partial charge is 0.123 e. The van der Waals surface area contributed by atoms with Gasteiger partial charge in [0.1, 0.15) is 5.82 Å². The number of nitrogens with two attached hydrogens (primary N) is 1. The lowest BCUT2D eigenvalue weighted by atomic mass is 10.1. The zero-order valence-electron chi connectivity index (χ0n) is 10.4. The van der Waals surface area contributed by atoms with E-state index in [1.54, 1.807) is 6.20 Å². The van der Waals surface area contributed by atoms with Crippen LogP contribution in [0.2, 0.25) is 0 Å². The highest BCUT2D eigenvalue weighted by atomic mass is 15.1. The fourth-order valence-corrected chi connectivity index (χ4v) is 1.84. The third-order valence-electron chi connectivity index (χ3n) is 2.41. The van der Waals surface area contributed by atoms with Crippen LogP contribution in [0, 0.1) is 0 Å². The van der Waals surface area contributed by atoms with Crippen molar-refractivity contribution in [2.24, 2.45) is 0 Å². The van der Waals surface area contributed by atoms with E-state index in [1.165, 1.54) is 5.56 Å². The Morgan fingerprint density at radius 2 is 2.25 bits per heavy atom. The maximum absolute atomic E-state index is 5.67. The third kappa shape index (κ3) is 4.59. The maximum atomic E-state index is 5.67. The molecule has 0 fully saturated rings. The molecule has 1 aromatic heterocycles. The summed E-state index contributed by atoms with van der Waals surface area (Å²) < 4.78 is 0. The van der Waals surface area contributed by atoms with Crippen LogP contribution in [-0.2, 0) is 6.42 Å². The molecule has 0 bridgehead atoms. The van der Waals surface area contributed by atoms with Crippen LogP contribution in [0.5, 0.6) is 0 Å². The molecule has 0 aliphatic heterocycles. The number of anilines is 1. The van der Waals surface area contributed by atoms with Gasteiger partial charge in [-0.3, -0.25) is 0 Å². The van der Waals surface area contributed by atoms with E-state index in [4.69, 9.17) is 5.73 Å². The largest absolute Gasteiger partial charge is 0.384 e. The summed E-state index contributed by atoms with van der Waals surface area (Å²) in [6.07, 6.45) is 2.75. The second-order valence-corrected chi connectivity index (χ2v) is 4.31. The van der Waals surface area contributed by atoms with Crippen molar-refractivity contribution in [1.29, 1.82) is 0 Å². The topological polar surface area (TPSA) is 54.2 Å². The number of nitrogens with zero attached hydrogens (tertiary/aromatic N) is 2. The monoisotopic (exact) mass is 222 g/mol. The quantitative estimate of drug-likeness (QED) is 0.745. The van der Waals surface area contributed by atoms with Gasteiger partial charge in [-0.2, -0.15) is 0 Å². The van der Waals surface area contributed by atoms with Gasteiger partial charge in [0.25, 0.3) is 0 Å². The molecule has 0 aliphatic carbocycles. The van der Waals surface area contributed by atoms with Crippen LogP contribution in [-0.4, -0.2) is 43.1 Å². The summed E-state index contributed by atoms with van der Waals surface area (Å²) in [6.45, 7) is 4.14. The highest BCUT2D eigenvalue weighted by Crippen LogP contribution is 2.06. The Bertz CT molecular complexity index is 312. The first-order valence-electron chi connectivity index (χ1n) is 5.70. The Balaban J connectivity index is 2.60. The standard InChI is InChI=1S/C12H22N4/c1-4-14-11(9-16(2)3)7-10-5-6-15-12(13)8-10/h5-6,8,11,14H,4,7,9H2,1-3H3,(H2,13,15). The van der Waals surface area contributed by atoms with Crippen molar-refractivity contribution >= 4 is 5.82 Å². The lowest BCUT2D eigenvalue weighted by Gasteiger charge is -2.21. The van der Waals surface area contributed by atoms with E-state index in [0.717, 1.165) is 19.5 Å². The van der Waals surface area contributed by atoms with E-state index < -0.39 is 0 Å². The van der Waals surface area contributed by atoms with Gasteiger partial charge in [-0.05, 0) is 44.8 Å². The molecule has 0 saturated carbocycles. The highest BCUT2D eigenvalue weighted by Gasteiger charge is 2.09.